The molecule has 3 aromatic carbocycles. The van der Waals surface area contributed by atoms with Crippen molar-refractivity contribution in [3.63, 3.8) is 0 Å². The Morgan fingerprint density at radius 2 is 1.79 bits per heavy atom. The predicted molar refractivity (Wildman–Crippen MR) is 122 cm³/mol. The number of ether oxygens (including phenoxy) is 1. The summed E-state index contributed by atoms with van der Waals surface area (Å²) in [4.78, 5) is 13.5. The fraction of sp³-hybridized carbons (Fsp3) is 0.208. The lowest BCUT2D eigenvalue weighted by molar-refractivity contribution is -0.116. The molecule has 0 radical (unpaired) electrons. The van der Waals surface area contributed by atoms with Crippen LogP contribution in [0.1, 0.15) is 24.0 Å². The van der Waals surface area contributed by atoms with E-state index in [0.717, 1.165) is 22.8 Å². The van der Waals surface area contributed by atoms with Crippen molar-refractivity contribution in [1.29, 1.82) is 0 Å². The molecule has 29 heavy (non-hydrogen) atoms. The molecule has 0 aliphatic rings. The van der Waals surface area contributed by atoms with Crippen LogP contribution in [0.25, 0.3) is 0 Å². The van der Waals surface area contributed by atoms with E-state index in [4.69, 9.17) is 16.3 Å². The van der Waals surface area contributed by atoms with Gasteiger partial charge < -0.3 is 10.1 Å². The van der Waals surface area contributed by atoms with Gasteiger partial charge in [0.2, 0.25) is 5.91 Å². The minimum atomic E-state index is -0.000725. The summed E-state index contributed by atoms with van der Waals surface area (Å²) in [6, 6.07) is 23.8. The van der Waals surface area contributed by atoms with Crippen LogP contribution in [0, 0.1) is 6.92 Å². The van der Waals surface area contributed by atoms with E-state index in [1.165, 1.54) is 10.5 Å². The van der Waals surface area contributed by atoms with Crippen LogP contribution >= 0.6 is 23.4 Å². The zero-order valence-electron chi connectivity index (χ0n) is 16.4. The van der Waals surface area contributed by atoms with E-state index in [2.05, 4.69) is 29.6 Å². The Hall–Kier alpha value is -2.43. The first-order valence-corrected chi connectivity index (χ1v) is 10.9. The minimum Gasteiger partial charge on any atom is -0.494 e. The van der Waals surface area contributed by atoms with E-state index < -0.39 is 0 Å². The lowest BCUT2D eigenvalue weighted by Gasteiger charge is -2.11. The number of carbonyl (C=O) groups excluding carboxylic acids is 1. The summed E-state index contributed by atoms with van der Waals surface area (Å²) in [6.07, 6.45) is 1.07. The average molecular weight is 426 g/mol. The standard InChI is InChI=1S/C24H24ClNO2S/c1-18-16-19(17-29-22-6-3-2-4-7-22)9-14-23(18)26-24(27)8-5-15-28-21-12-10-20(25)11-13-21/h2-4,6-7,9-14,16H,5,8,15,17H2,1H3,(H,26,27). The number of thioether (sulfide) groups is 1. The first kappa shape index (κ1) is 21.3. The molecular formula is C24H24ClNO2S. The van der Waals surface area contributed by atoms with Crippen LogP contribution in [0.5, 0.6) is 5.75 Å². The highest BCUT2D eigenvalue weighted by atomic mass is 35.5. The Kier molecular flexibility index (Phi) is 8.03. The lowest BCUT2D eigenvalue weighted by atomic mass is 10.1. The van der Waals surface area contributed by atoms with Crippen LogP contribution in [-0.2, 0) is 10.5 Å². The van der Waals surface area contributed by atoms with E-state index in [1.807, 2.05) is 43.3 Å². The van der Waals surface area contributed by atoms with Crippen LogP contribution < -0.4 is 10.1 Å². The summed E-state index contributed by atoms with van der Waals surface area (Å²) in [6.45, 7) is 2.51. The summed E-state index contributed by atoms with van der Waals surface area (Å²) in [5, 5.41) is 3.68. The van der Waals surface area contributed by atoms with Crippen LogP contribution in [0.2, 0.25) is 5.02 Å². The molecule has 0 spiro atoms. The third kappa shape index (κ3) is 7.15. The number of carbonyl (C=O) groups is 1. The van der Waals surface area contributed by atoms with E-state index in [0.29, 0.717) is 24.5 Å². The molecule has 5 heteroatoms. The Morgan fingerprint density at radius 1 is 1.03 bits per heavy atom. The highest BCUT2D eigenvalue weighted by Crippen LogP contribution is 2.25. The molecule has 3 nitrogen and oxygen atoms in total. The van der Waals surface area contributed by atoms with Crippen LogP contribution in [0.3, 0.4) is 0 Å². The number of rotatable bonds is 9. The van der Waals surface area contributed by atoms with Gasteiger partial charge in [-0.05, 0) is 66.9 Å². The van der Waals surface area contributed by atoms with Gasteiger partial charge in [-0.3, -0.25) is 4.79 Å². The molecule has 0 aromatic heterocycles. The van der Waals surface area contributed by atoms with Gasteiger partial charge in [0.15, 0.2) is 0 Å². The van der Waals surface area contributed by atoms with E-state index in [-0.39, 0.29) is 5.91 Å². The van der Waals surface area contributed by atoms with Crippen molar-refractivity contribution in [2.45, 2.75) is 30.4 Å². The smallest absolute Gasteiger partial charge is 0.224 e. The topological polar surface area (TPSA) is 38.3 Å². The molecule has 0 saturated carbocycles. The quantitative estimate of drug-likeness (QED) is 0.304. The van der Waals surface area contributed by atoms with Crippen LogP contribution in [-0.4, -0.2) is 12.5 Å². The van der Waals surface area contributed by atoms with Gasteiger partial charge in [-0.25, -0.2) is 0 Å². The fourth-order valence-electron chi connectivity index (χ4n) is 2.81. The maximum absolute atomic E-state index is 12.2. The number of hydrogen-bond acceptors (Lipinski definition) is 3. The molecule has 0 unspecified atom stereocenters. The summed E-state index contributed by atoms with van der Waals surface area (Å²) in [5.41, 5.74) is 3.18. The van der Waals surface area contributed by atoms with Gasteiger partial charge in [0, 0.05) is 27.8 Å². The Bertz CT molecular complexity index is 929. The maximum atomic E-state index is 12.2. The SMILES string of the molecule is Cc1cc(CSc2ccccc2)ccc1NC(=O)CCCOc1ccc(Cl)cc1. The van der Waals surface area contributed by atoms with Gasteiger partial charge in [-0.15, -0.1) is 11.8 Å². The molecule has 0 aliphatic heterocycles. The molecule has 3 aromatic rings. The predicted octanol–water partition coefficient (Wildman–Crippen LogP) is 6.74. The zero-order chi connectivity index (χ0) is 20.5. The highest BCUT2D eigenvalue weighted by Gasteiger charge is 2.06. The normalized spacial score (nSPS) is 10.6. The van der Waals surface area contributed by atoms with Crippen molar-refractivity contribution in [3.05, 3.63) is 88.9 Å². The molecule has 0 bridgehead atoms. The second-order valence-corrected chi connectivity index (χ2v) is 8.19. The molecule has 3 rings (SSSR count). The van der Waals surface area contributed by atoms with Gasteiger partial charge in [0.25, 0.3) is 0 Å². The van der Waals surface area contributed by atoms with Gasteiger partial charge in [0.1, 0.15) is 5.75 Å². The molecule has 0 aliphatic carbocycles. The van der Waals surface area contributed by atoms with Crippen LogP contribution in [0.4, 0.5) is 5.69 Å². The third-order valence-corrected chi connectivity index (χ3v) is 5.68. The molecule has 150 valence electrons. The molecule has 1 amide bonds. The Balaban J connectivity index is 1.42. The molecular weight excluding hydrogens is 402 g/mol. The second kappa shape index (κ2) is 10.9. The number of halogens is 1. The van der Waals surface area contributed by atoms with Gasteiger partial charge in [-0.2, -0.15) is 0 Å². The Labute approximate surface area is 181 Å². The van der Waals surface area contributed by atoms with Crippen molar-refractivity contribution >= 4 is 35.0 Å². The summed E-state index contributed by atoms with van der Waals surface area (Å²) >= 11 is 7.66. The fourth-order valence-corrected chi connectivity index (χ4v) is 3.79. The van der Waals surface area contributed by atoms with Crippen molar-refractivity contribution in [2.75, 3.05) is 11.9 Å². The van der Waals surface area contributed by atoms with Crippen molar-refractivity contribution in [1.82, 2.24) is 0 Å². The first-order chi connectivity index (χ1) is 14.1. The van der Waals surface area contributed by atoms with Crippen molar-refractivity contribution in [2.24, 2.45) is 0 Å². The summed E-state index contributed by atoms with van der Waals surface area (Å²) in [5.74, 6) is 1.66. The number of anilines is 1. The number of amides is 1. The summed E-state index contributed by atoms with van der Waals surface area (Å²) in [7, 11) is 0. The number of nitrogens with one attached hydrogen (secondary N) is 1. The van der Waals surface area contributed by atoms with E-state index in [9.17, 15) is 4.79 Å². The largest absolute Gasteiger partial charge is 0.494 e. The van der Waals surface area contributed by atoms with Crippen molar-refractivity contribution in [3.8, 4) is 5.75 Å². The average Bonchev–Trinajstić information content (AvgIpc) is 2.73. The summed E-state index contributed by atoms with van der Waals surface area (Å²) < 4.78 is 5.62. The van der Waals surface area contributed by atoms with Crippen molar-refractivity contribution < 1.29 is 9.53 Å². The number of benzene rings is 3. The monoisotopic (exact) mass is 425 g/mol. The van der Waals surface area contributed by atoms with Gasteiger partial charge in [-0.1, -0.05) is 41.9 Å². The molecule has 1 N–H and O–H groups in total. The zero-order valence-corrected chi connectivity index (χ0v) is 17.9. The molecule has 0 atom stereocenters. The lowest BCUT2D eigenvalue weighted by Crippen LogP contribution is -2.13. The minimum absolute atomic E-state index is 0.000725. The first-order valence-electron chi connectivity index (χ1n) is 9.56. The van der Waals surface area contributed by atoms with E-state index >= 15 is 0 Å². The van der Waals surface area contributed by atoms with Gasteiger partial charge >= 0.3 is 0 Å². The molecule has 0 heterocycles. The van der Waals surface area contributed by atoms with Gasteiger partial charge in [0.05, 0.1) is 6.61 Å². The number of aryl methyl sites for hydroxylation is 1. The van der Waals surface area contributed by atoms with Crippen LogP contribution in [0.15, 0.2) is 77.7 Å². The highest BCUT2D eigenvalue weighted by molar-refractivity contribution is 7.98. The molecule has 0 saturated heterocycles. The molecule has 0 fully saturated rings. The maximum Gasteiger partial charge on any atom is 0.224 e. The Morgan fingerprint density at radius 3 is 2.52 bits per heavy atom. The van der Waals surface area contributed by atoms with E-state index in [1.54, 1.807) is 23.9 Å². The number of hydrogen-bond donors (Lipinski definition) is 1. The second-order valence-electron chi connectivity index (χ2n) is 6.71. The third-order valence-electron chi connectivity index (χ3n) is 4.34.